The number of hydrogen-bond donors (Lipinski definition) is 2. The predicted octanol–water partition coefficient (Wildman–Crippen LogP) is 4.15. The Hall–Kier alpha value is -2.75. The van der Waals surface area contributed by atoms with Crippen LogP contribution < -0.4 is 5.32 Å². The molecule has 1 aliphatic heterocycles. The van der Waals surface area contributed by atoms with E-state index < -0.39 is 0 Å². The highest BCUT2D eigenvalue weighted by molar-refractivity contribution is 5.81. The smallest absolute Gasteiger partial charge is 0.150 e. The maximum atomic E-state index is 10.4. The highest BCUT2D eigenvalue weighted by atomic mass is 16.3. The van der Waals surface area contributed by atoms with Crippen molar-refractivity contribution in [3.05, 3.63) is 64.8 Å². The minimum atomic E-state index is -0.216. The number of hydrogen-bond acceptors (Lipinski definition) is 3. The minimum absolute atomic E-state index is 0.216. The number of nitrogens with one attached hydrogen (secondary N) is 1. The second kappa shape index (κ2) is 4.88. The summed E-state index contributed by atoms with van der Waals surface area (Å²) in [7, 11) is 0. The van der Waals surface area contributed by atoms with Crippen molar-refractivity contribution < 1.29 is 5.11 Å². The molecule has 23 heavy (non-hydrogen) atoms. The van der Waals surface area contributed by atoms with Gasteiger partial charge in [0.1, 0.15) is 5.75 Å². The fourth-order valence-corrected chi connectivity index (χ4v) is 3.29. The van der Waals surface area contributed by atoms with Crippen LogP contribution in [0.4, 0.5) is 5.69 Å². The molecule has 116 valence electrons. The quantitative estimate of drug-likeness (QED) is 0.710. The summed E-state index contributed by atoms with van der Waals surface area (Å²) >= 11 is 0. The molecule has 3 aromatic rings. The number of anilines is 1. The Morgan fingerprint density at radius 3 is 2.74 bits per heavy atom. The normalized spacial score (nSPS) is 15.7. The van der Waals surface area contributed by atoms with E-state index in [9.17, 15) is 5.11 Å². The van der Waals surface area contributed by atoms with Crippen LogP contribution in [0.2, 0.25) is 0 Å². The SMILES string of the molecule is Cc1ccc(O)c(C2Nc3c(C)cccc3-c3cc(C)nn32)c1. The van der Waals surface area contributed by atoms with Gasteiger partial charge in [-0.25, -0.2) is 4.68 Å². The topological polar surface area (TPSA) is 50.1 Å². The van der Waals surface area contributed by atoms with Crippen LogP contribution in [0, 0.1) is 20.8 Å². The summed E-state index contributed by atoms with van der Waals surface area (Å²) in [6.07, 6.45) is -0.216. The van der Waals surface area contributed by atoms with Gasteiger partial charge in [-0.2, -0.15) is 5.10 Å². The lowest BCUT2D eigenvalue weighted by atomic mass is 9.99. The van der Waals surface area contributed by atoms with Gasteiger partial charge in [-0.05, 0) is 44.5 Å². The van der Waals surface area contributed by atoms with Crippen molar-refractivity contribution in [1.82, 2.24) is 9.78 Å². The Morgan fingerprint density at radius 2 is 1.91 bits per heavy atom. The maximum absolute atomic E-state index is 10.4. The summed E-state index contributed by atoms with van der Waals surface area (Å²) in [5.41, 5.74) is 7.42. The molecule has 1 aliphatic rings. The Morgan fingerprint density at radius 1 is 1.09 bits per heavy atom. The number of aromatic hydroxyl groups is 1. The lowest BCUT2D eigenvalue weighted by Gasteiger charge is -2.30. The van der Waals surface area contributed by atoms with E-state index in [1.54, 1.807) is 6.07 Å². The van der Waals surface area contributed by atoms with Crippen molar-refractivity contribution in [2.45, 2.75) is 26.9 Å². The van der Waals surface area contributed by atoms with Crippen LogP contribution in [0.25, 0.3) is 11.3 Å². The van der Waals surface area contributed by atoms with E-state index in [0.29, 0.717) is 0 Å². The molecule has 0 spiro atoms. The molecule has 0 saturated carbocycles. The van der Waals surface area contributed by atoms with Crippen LogP contribution in [0.3, 0.4) is 0 Å². The van der Waals surface area contributed by atoms with Crippen LogP contribution >= 0.6 is 0 Å². The molecule has 0 amide bonds. The lowest BCUT2D eigenvalue weighted by molar-refractivity contribution is 0.452. The zero-order valence-electron chi connectivity index (χ0n) is 13.5. The zero-order chi connectivity index (χ0) is 16.1. The molecule has 0 radical (unpaired) electrons. The number of aryl methyl sites for hydroxylation is 3. The molecule has 4 rings (SSSR count). The van der Waals surface area contributed by atoms with Crippen LogP contribution in [-0.4, -0.2) is 14.9 Å². The number of benzene rings is 2. The van der Waals surface area contributed by atoms with Crippen LogP contribution in [-0.2, 0) is 0 Å². The summed E-state index contributed by atoms with van der Waals surface area (Å²) in [6.45, 7) is 6.12. The average molecular weight is 305 g/mol. The van der Waals surface area contributed by atoms with Crippen LogP contribution in [0.1, 0.15) is 28.6 Å². The number of rotatable bonds is 1. The second-order valence-electron chi connectivity index (χ2n) is 6.22. The molecule has 2 N–H and O–H groups in total. The number of nitrogens with zero attached hydrogens (tertiary/aromatic N) is 2. The average Bonchev–Trinajstić information content (AvgIpc) is 2.91. The molecule has 4 nitrogen and oxygen atoms in total. The van der Waals surface area contributed by atoms with Crippen molar-refractivity contribution in [2.24, 2.45) is 0 Å². The van der Waals surface area contributed by atoms with Gasteiger partial charge in [0, 0.05) is 16.8 Å². The summed E-state index contributed by atoms with van der Waals surface area (Å²) in [5, 5.41) is 18.6. The zero-order valence-corrected chi connectivity index (χ0v) is 13.5. The third-order valence-electron chi connectivity index (χ3n) is 4.41. The van der Waals surface area contributed by atoms with E-state index in [0.717, 1.165) is 33.8 Å². The lowest BCUT2D eigenvalue weighted by Crippen LogP contribution is -2.26. The van der Waals surface area contributed by atoms with Gasteiger partial charge in [0.15, 0.2) is 6.17 Å². The van der Waals surface area contributed by atoms with Gasteiger partial charge in [0.25, 0.3) is 0 Å². The van der Waals surface area contributed by atoms with Crippen molar-refractivity contribution >= 4 is 5.69 Å². The Bertz CT molecular complexity index is 911. The van der Waals surface area contributed by atoms with E-state index in [2.05, 4.69) is 41.6 Å². The predicted molar refractivity (Wildman–Crippen MR) is 91.7 cm³/mol. The highest BCUT2D eigenvalue weighted by Gasteiger charge is 2.28. The van der Waals surface area contributed by atoms with Gasteiger partial charge in [-0.15, -0.1) is 0 Å². The van der Waals surface area contributed by atoms with Crippen molar-refractivity contribution in [3.8, 4) is 17.0 Å². The molecule has 2 aromatic carbocycles. The fraction of sp³-hybridized carbons (Fsp3) is 0.211. The summed E-state index contributed by atoms with van der Waals surface area (Å²) in [5.74, 6) is 0.282. The molecule has 1 atom stereocenters. The molecule has 2 heterocycles. The van der Waals surface area contributed by atoms with E-state index >= 15 is 0 Å². The van der Waals surface area contributed by atoms with Gasteiger partial charge >= 0.3 is 0 Å². The van der Waals surface area contributed by atoms with Gasteiger partial charge in [0.2, 0.25) is 0 Å². The second-order valence-corrected chi connectivity index (χ2v) is 6.22. The van der Waals surface area contributed by atoms with Crippen molar-refractivity contribution in [3.63, 3.8) is 0 Å². The molecule has 0 aliphatic carbocycles. The third kappa shape index (κ3) is 2.10. The fourth-order valence-electron chi connectivity index (χ4n) is 3.29. The number of para-hydroxylation sites is 1. The monoisotopic (exact) mass is 305 g/mol. The number of phenols is 1. The molecule has 0 saturated heterocycles. The molecule has 1 aromatic heterocycles. The molecular formula is C19H19N3O. The standard InChI is InChI=1S/C19H19N3O/c1-11-7-8-17(23)15(9-11)19-20-18-12(2)5-4-6-14(18)16-10-13(3)21-22(16)19/h4-10,19-20,23H,1-3H3. The van der Waals surface area contributed by atoms with Gasteiger partial charge in [-0.1, -0.05) is 29.8 Å². The van der Waals surface area contributed by atoms with Gasteiger partial charge in [-0.3, -0.25) is 0 Å². The Balaban J connectivity index is 1.97. The molecule has 1 unspecified atom stereocenters. The molecule has 4 heteroatoms. The van der Waals surface area contributed by atoms with Crippen molar-refractivity contribution in [2.75, 3.05) is 5.32 Å². The molecule has 0 bridgehead atoms. The summed E-state index contributed by atoms with van der Waals surface area (Å²) in [4.78, 5) is 0. The minimum Gasteiger partial charge on any atom is -0.508 e. The first kappa shape index (κ1) is 13.9. The summed E-state index contributed by atoms with van der Waals surface area (Å²) in [6, 6.07) is 14.0. The van der Waals surface area contributed by atoms with Gasteiger partial charge in [0.05, 0.1) is 11.4 Å². The number of phenolic OH excluding ortho intramolecular Hbond substituents is 1. The molecular weight excluding hydrogens is 286 g/mol. The van der Waals surface area contributed by atoms with E-state index in [-0.39, 0.29) is 11.9 Å². The number of aromatic nitrogens is 2. The van der Waals surface area contributed by atoms with E-state index in [1.807, 2.05) is 30.7 Å². The van der Waals surface area contributed by atoms with Gasteiger partial charge < -0.3 is 10.4 Å². The molecule has 0 fully saturated rings. The van der Waals surface area contributed by atoms with Crippen LogP contribution in [0.5, 0.6) is 5.75 Å². The van der Waals surface area contributed by atoms with Crippen LogP contribution in [0.15, 0.2) is 42.5 Å². The Labute approximate surface area is 135 Å². The largest absolute Gasteiger partial charge is 0.508 e. The Kier molecular flexibility index (Phi) is 2.94. The first-order valence-corrected chi connectivity index (χ1v) is 7.77. The summed E-state index contributed by atoms with van der Waals surface area (Å²) < 4.78 is 1.96. The first-order valence-electron chi connectivity index (χ1n) is 7.77. The van der Waals surface area contributed by atoms with E-state index in [4.69, 9.17) is 0 Å². The highest BCUT2D eigenvalue weighted by Crippen LogP contribution is 2.41. The maximum Gasteiger partial charge on any atom is 0.150 e. The first-order chi connectivity index (χ1) is 11.0. The number of fused-ring (bicyclic) bond motifs is 3. The van der Waals surface area contributed by atoms with E-state index in [1.165, 1.54) is 5.56 Å². The third-order valence-corrected chi connectivity index (χ3v) is 4.41. The van der Waals surface area contributed by atoms with Crippen molar-refractivity contribution in [1.29, 1.82) is 0 Å².